The lowest BCUT2D eigenvalue weighted by atomic mass is 10.1. The summed E-state index contributed by atoms with van der Waals surface area (Å²) in [4.78, 5) is 29.8. The van der Waals surface area contributed by atoms with Gasteiger partial charge in [0.1, 0.15) is 11.5 Å². The Balaban J connectivity index is 1.53. The Labute approximate surface area is 207 Å². The van der Waals surface area contributed by atoms with Gasteiger partial charge in [0.05, 0.1) is 25.9 Å². The first kappa shape index (κ1) is 25.8. The average molecular weight is 488 g/mol. The average Bonchev–Trinajstić information content (AvgIpc) is 3.10. The number of methoxy groups -OCH3 is 2. The third-order valence-electron chi connectivity index (χ3n) is 6.34. The van der Waals surface area contributed by atoms with Crippen molar-refractivity contribution in [3.63, 3.8) is 0 Å². The van der Waals surface area contributed by atoms with Gasteiger partial charge in [-0.2, -0.15) is 0 Å². The number of amides is 2. The number of nitrogens with zero attached hydrogens (tertiary/aromatic N) is 2. The maximum Gasteiger partial charge on any atom is 0.241 e. The van der Waals surface area contributed by atoms with Gasteiger partial charge in [-0.15, -0.1) is 0 Å². The highest BCUT2D eigenvalue weighted by atomic mass is 35.5. The predicted octanol–water partition coefficient (Wildman–Crippen LogP) is 4.16. The van der Waals surface area contributed by atoms with Crippen LogP contribution in [0.5, 0.6) is 11.5 Å². The van der Waals surface area contributed by atoms with Crippen molar-refractivity contribution in [1.29, 1.82) is 0 Å². The van der Waals surface area contributed by atoms with Gasteiger partial charge in [-0.25, -0.2) is 0 Å². The highest BCUT2D eigenvalue weighted by molar-refractivity contribution is 6.31. The summed E-state index contributed by atoms with van der Waals surface area (Å²) in [5.41, 5.74) is 2.58. The van der Waals surface area contributed by atoms with Crippen molar-refractivity contribution >= 4 is 29.1 Å². The lowest BCUT2D eigenvalue weighted by molar-refractivity contribution is -0.131. The van der Waals surface area contributed by atoms with Crippen LogP contribution in [0.1, 0.15) is 30.9 Å². The summed E-state index contributed by atoms with van der Waals surface area (Å²) in [5, 5.41) is 3.56. The highest BCUT2D eigenvalue weighted by Crippen LogP contribution is 2.31. The lowest BCUT2D eigenvalue weighted by Crippen LogP contribution is -2.44. The van der Waals surface area contributed by atoms with E-state index in [2.05, 4.69) is 10.2 Å². The minimum Gasteiger partial charge on any atom is -0.497 e. The quantitative estimate of drug-likeness (QED) is 0.605. The van der Waals surface area contributed by atoms with Crippen molar-refractivity contribution in [2.75, 3.05) is 45.7 Å². The number of halogens is 1. The second-order valence-corrected chi connectivity index (χ2v) is 8.99. The number of rotatable bonds is 8. The van der Waals surface area contributed by atoms with Crippen molar-refractivity contribution in [1.82, 2.24) is 9.80 Å². The van der Waals surface area contributed by atoms with Crippen molar-refractivity contribution in [2.24, 2.45) is 0 Å². The van der Waals surface area contributed by atoms with Crippen molar-refractivity contribution < 1.29 is 19.1 Å². The van der Waals surface area contributed by atoms with Crippen LogP contribution < -0.4 is 14.8 Å². The molecule has 8 heteroatoms. The summed E-state index contributed by atoms with van der Waals surface area (Å²) in [7, 11) is 3.19. The molecular formula is C26H34ClN3O4. The summed E-state index contributed by atoms with van der Waals surface area (Å²) < 4.78 is 10.6. The number of hydrogen-bond acceptors (Lipinski definition) is 5. The van der Waals surface area contributed by atoms with Gasteiger partial charge < -0.3 is 19.7 Å². The van der Waals surface area contributed by atoms with E-state index in [-0.39, 0.29) is 17.9 Å². The van der Waals surface area contributed by atoms with Gasteiger partial charge in [0.15, 0.2) is 0 Å². The molecule has 1 aliphatic rings. The first-order valence-corrected chi connectivity index (χ1v) is 12.0. The van der Waals surface area contributed by atoms with E-state index in [1.807, 2.05) is 49.1 Å². The van der Waals surface area contributed by atoms with E-state index in [4.69, 9.17) is 21.1 Å². The summed E-state index contributed by atoms with van der Waals surface area (Å²) in [6, 6.07) is 11.0. The first-order valence-electron chi connectivity index (χ1n) is 11.6. The van der Waals surface area contributed by atoms with Gasteiger partial charge in [0.2, 0.25) is 11.8 Å². The molecule has 1 unspecified atom stereocenters. The van der Waals surface area contributed by atoms with Crippen LogP contribution >= 0.6 is 11.6 Å². The molecule has 0 aliphatic carbocycles. The van der Waals surface area contributed by atoms with Gasteiger partial charge >= 0.3 is 0 Å². The van der Waals surface area contributed by atoms with Crippen LogP contribution in [-0.2, 0) is 16.0 Å². The van der Waals surface area contributed by atoms with E-state index in [1.165, 1.54) is 0 Å². The molecule has 3 rings (SSSR count). The molecule has 0 saturated carbocycles. The second-order valence-electron chi connectivity index (χ2n) is 8.59. The number of nitrogens with one attached hydrogen (secondary N) is 1. The number of aryl methyl sites for hydroxylation is 2. The molecular weight excluding hydrogens is 454 g/mol. The molecule has 0 spiro atoms. The van der Waals surface area contributed by atoms with Gasteiger partial charge in [0.25, 0.3) is 0 Å². The summed E-state index contributed by atoms with van der Waals surface area (Å²) >= 11 is 6.17. The van der Waals surface area contributed by atoms with Crippen LogP contribution in [0.2, 0.25) is 5.02 Å². The monoisotopic (exact) mass is 487 g/mol. The molecule has 1 heterocycles. The molecule has 34 heavy (non-hydrogen) atoms. The number of benzene rings is 2. The fourth-order valence-electron chi connectivity index (χ4n) is 4.11. The van der Waals surface area contributed by atoms with E-state index in [9.17, 15) is 9.59 Å². The minimum absolute atomic E-state index is 0.112. The first-order chi connectivity index (χ1) is 16.3. The van der Waals surface area contributed by atoms with E-state index < -0.39 is 0 Å². The normalized spacial score (nSPS) is 15.4. The SMILES string of the molecule is COc1ccc(CCC(=O)N2CCCN(C(C)C(=O)Nc3cc(C)c(Cl)cc3OC)CC2)cc1. The van der Waals surface area contributed by atoms with Crippen molar-refractivity contribution in [3.05, 3.63) is 52.5 Å². The van der Waals surface area contributed by atoms with Crippen molar-refractivity contribution in [3.8, 4) is 11.5 Å². The number of ether oxygens (including phenoxy) is 2. The number of carbonyl (C=O) groups is 2. The van der Waals surface area contributed by atoms with Gasteiger partial charge in [-0.1, -0.05) is 23.7 Å². The maximum atomic E-state index is 13.0. The minimum atomic E-state index is -0.338. The van der Waals surface area contributed by atoms with Crippen LogP contribution in [0, 0.1) is 6.92 Å². The van der Waals surface area contributed by atoms with Gasteiger partial charge in [-0.3, -0.25) is 14.5 Å². The Kier molecular flexibility index (Phi) is 9.19. The smallest absolute Gasteiger partial charge is 0.241 e. The Bertz CT molecular complexity index is 996. The highest BCUT2D eigenvalue weighted by Gasteiger charge is 2.26. The van der Waals surface area contributed by atoms with Gasteiger partial charge in [0, 0.05) is 43.7 Å². The topological polar surface area (TPSA) is 71.1 Å². The molecule has 7 nitrogen and oxygen atoms in total. The predicted molar refractivity (Wildman–Crippen MR) is 135 cm³/mol. The molecule has 0 radical (unpaired) electrons. The number of anilines is 1. The number of carbonyl (C=O) groups excluding carboxylic acids is 2. The van der Waals surface area contributed by atoms with Crippen molar-refractivity contribution in [2.45, 2.75) is 39.2 Å². The molecule has 2 amide bonds. The van der Waals surface area contributed by atoms with Crippen LogP contribution in [0.25, 0.3) is 0 Å². The number of hydrogen-bond donors (Lipinski definition) is 1. The van der Waals surface area contributed by atoms with E-state index in [0.717, 1.165) is 29.8 Å². The standard InChI is InChI=1S/C26H34ClN3O4/c1-18-16-23(24(34-4)17-22(18)27)28-26(32)19(2)29-12-5-13-30(15-14-29)25(31)11-8-20-6-9-21(33-3)10-7-20/h6-7,9-10,16-17,19H,5,8,11-15H2,1-4H3,(H,28,32). The molecule has 2 aromatic rings. The molecule has 0 aromatic heterocycles. The third-order valence-corrected chi connectivity index (χ3v) is 6.74. The van der Waals surface area contributed by atoms with Crippen LogP contribution in [0.4, 0.5) is 5.69 Å². The fraction of sp³-hybridized carbons (Fsp3) is 0.462. The van der Waals surface area contributed by atoms with Gasteiger partial charge in [-0.05, 0) is 56.0 Å². The second kappa shape index (κ2) is 12.1. The fourth-order valence-corrected chi connectivity index (χ4v) is 4.26. The zero-order chi connectivity index (χ0) is 24.7. The molecule has 1 N–H and O–H groups in total. The van der Waals surface area contributed by atoms with E-state index in [1.54, 1.807) is 20.3 Å². The van der Waals surface area contributed by atoms with Crippen LogP contribution in [0.3, 0.4) is 0 Å². The maximum absolute atomic E-state index is 13.0. The Morgan fingerprint density at radius 3 is 2.47 bits per heavy atom. The molecule has 1 atom stereocenters. The molecule has 0 bridgehead atoms. The molecule has 2 aromatic carbocycles. The Morgan fingerprint density at radius 1 is 1.06 bits per heavy atom. The molecule has 1 saturated heterocycles. The Morgan fingerprint density at radius 2 is 1.79 bits per heavy atom. The summed E-state index contributed by atoms with van der Waals surface area (Å²) in [6.45, 7) is 6.51. The summed E-state index contributed by atoms with van der Waals surface area (Å²) in [5.74, 6) is 1.38. The Hall–Kier alpha value is -2.77. The lowest BCUT2D eigenvalue weighted by Gasteiger charge is -2.27. The van der Waals surface area contributed by atoms with E-state index in [0.29, 0.717) is 48.9 Å². The van der Waals surface area contributed by atoms with Crippen LogP contribution in [-0.4, -0.2) is 68.1 Å². The molecule has 1 aliphatic heterocycles. The third kappa shape index (κ3) is 6.64. The van der Waals surface area contributed by atoms with Crippen LogP contribution in [0.15, 0.2) is 36.4 Å². The molecule has 1 fully saturated rings. The van der Waals surface area contributed by atoms with E-state index >= 15 is 0 Å². The zero-order valence-corrected chi connectivity index (χ0v) is 21.2. The molecule has 184 valence electrons. The zero-order valence-electron chi connectivity index (χ0n) is 20.4. The summed E-state index contributed by atoms with van der Waals surface area (Å²) in [6.07, 6.45) is 2.00. The largest absolute Gasteiger partial charge is 0.497 e.